The van der Waals surface area contributed by atoms with Crippen molar-refractivity contribution in [3.63, 3.8) is 0 Å². The molecule has 3 heterocycles. The number of ether oxygens (including phenoxy) is 1. The summed E-state index contributed by atoms with van der Waals surface area (Å²) in [5, 5.41) is 22.6. The summed E-state index contributed by atoms with van der Waals surface area (Å²) >= 11 is 6.21. The van der Waals surface area contributed by atoms with E-state index in [1.54, 1.807) is 25.3 Å². The summed E-state index contributed by atoms with van der Waals surface area (Å²) in [4.78, 5) is 18.9. The van der Waals surface area contributed by atoms with Crippen LogP contribution in [0.25, 0.3) is 16.8 Å². The predicted octanol–water partition coefficient (Wildman–Crippen LogP) is 4.40. The van der Waals surface area contributed by atoms with Gasteiger partial charge in [0.15, 0.2) is 12.0 Å². The highest BCUT2D eigenvalue weighted by Gasteiger charge is 2.30. The van der Waals surface area contributed by atoms with Crippen molar-refractivity contribution in [3.05, 3.63) is 124 Å². The van der Waals surface area contributed by atoms with Gasteiger partial charge in [-0.3, -0.25) is 14.4 Å². The van der Waals surface area contributed by atoms with Crippen LogP contribution in [0.15, 0.2) is 89.9 Å². The molecule has 0 aliphatic carbocycles. The van der Waals surface area contributed by atoms with Gasteiger partial charge in [0.25, 0.3) is 5.91 Å². The zero-order valence-electron chi connectivity index (χ0n) is 23.3. The Morgan fingerprint density at radius 1 is 1.02 bits per heavy atom. The van der Waals surface area contributed by atoms with Gasteiger partial charge in [-0.15, -0.1) is 10.2 Å². The van der Waals surface area contributed by atoms with E-state index >= 15 is 0 Å². The highest BCUT2D eigenvalue weighted by Crippen LogP contribution is 2.33. The number of halogens is 1. The van der Waals surface area contributed by atoms with Crippen LogP contribution in [0, 0.1) is 6.92 Å². The second-order valence-electron chi connectivity index (χ2n) is 10.3. The minimum absolute atomic E-state index is 0.327. The number of aromatic nitrogens is 3. The monoisotopic (exact) mass is 589 g/mol. The van der Waals surface area contributed by atoms with E-state index in [4.69, 9.17) is 26.0 Å². The van der Waals surface area contributed by atoms with Crippen LogP contribution in [0.2, 0.25) is 5.02 Å². The van der Waals surface area contributed by atoms with Crippen molar-refractivity contribution in [1.29, 1.82) is 0 Å². The molecule has 11 heteroatoms. The Hall–Kier alpha value is -4.77. The molecule has 0 saturated carbocycles. The van der Waals surface area contributed by atoms with Gasteiger partial charge in [0.1, 0.15) is 11.6 Å². The molecule has 0 saturated heterocycles. The molecule has 0 spiro atoms. The van der Waals surface area contributed by atoms with Gasteiger partial charge < -0.3 is 19.7 Å². The fraction of sp³-hybridized carbons (Fsp3) is 0.125. The Kier molecular flexibility index (Phi) is 6.81. The molecule has 212 valence electrons. The molecule has 7 rings (SSSR count). The normalized spacial score (nSPS) is 15.2. The second kappa shape index (κ2) is 10.8. The Balaban J connectivity index is 1.29. The van der Waals surface area contributed by atoms with Gasteiger partial charge in [-0.05, 0) is 71.5 Å². The summed E-state index contributed by atoms with van der Waals surface area (Å²) in [6, 6.07) is 26.2. The van der Waals surface area contributed by atoms with Crippen LogP contribution in [0.3, 0.4) is 0 Å². The molecule has 1 aromatic heterocycles. The van der Waals surface area contributed by atoms with Crippen LogP contribution in [0.4, 0.5) is 0 Å². The first-order valence-corrected chi connectivity index (χ1v) is 14.1. The predicted molar refractivity (Wildman–Crippen MR) is 164 cm³/mol. The Bertz CT molecular complexity index is 1920. The third-order valence-electron chi connectivity index (χ3n) is 7.70. The van der Waals surface area contributed by atoms with Crippen LogP contribution in [-0.4, -0.2) is 45.6 Å². The average Bonchev–Trinajstić information content (AvgIpc) is 3.57. The van der Waals surface area contributed by atoms with Crippen LogP contribution >= 0.6 is 11.6 Å². The van der Waals surface area contributed by atoms with Gasteiger partial charge in [0, 0.05) is 21.7 Å². The number of amides is 1. The maximum absolute atomic E-state index is 13.8. The van der Waals surface area contributed by atoms with E-state index in [1.807, 2.05) is 78.2 Å². The largest absolute Gasteiger partial charge is 0.497 e. The Morgan fingerprint density at radius 3 is 2.63 bits per heavy atom. The van der Waals surface area contributed by atoms with Crippen molar-refractivity contribution >= 4 is 35.8 Å². The first kappa shape index (κ1) is 27.1. The molecule has 0 radical (unpaired) electrons. The van der Waals surface area contributed by atoms with Crippen LogP contribution in [0.1, 0.15) is 44.9 Å². The molecule has 0 bridgehead atoms. The van der Waals surface area contributed by atoms with Gasteiger partial charge in [0.2, 0.25) is 0 Å². The minimum atomic E-state index is -0.950. The van der Waals surface area contributed by atoms with Crippen LogP contribution in [0.5, 0.6) is 5.75 Å². The quantitative estimate of drug-likeness (QED) is 0.294. The molecule has 1 amide bonds. The molecule has 43 heavy (non-hydrogen) atoms. The lowest BCUT2D eigenvalue weighted by atomic mass is 9.78. The lowest BCUT2D eigenvalue weighted by Gasteiger charge is -2.15. The van der Waals surface area contributed by atoms with E-state index in [-0.39, 0.29) is 5.91 Å². The van der Waals surface area contributed by atoms with Gasteiger partial charge in [-0.25, -0.2) is 0 Å². The first-order valence-electron chi connectivity index (χ1n) is 13.7. The summed E-state index contributed by atoms with van der Waals surface area (Å²) in [5.41, 5.74) is 6.92. The standard InChI is InChI=1S/C32H25BClN5O4/c1-18-37-38-31-30(35-29(19-8-10-24(34)11-9-19)26-16-25(42-2)12-13-28(26)39(18)31)36-32(40)22-5-3-4-20(14-22)21-6-7-23-17-43-33(41)27(23)15-21/h3-16,30,41H,17H2,1-2H3,(H,36,40)/t30-/m0/s1. The number of benzene rings is 4. The maximum Gasteiger partial charge on any atom is 0.491 e. The van der Waals surface area contributed by atoms with Gasteiger partial charge >= 0.3 is 7.12 Å². The highest BCUT2D eigenvalue weighted by molar-refractivity contribution is 6.61. The maximum atomic E-state index is 13.8. The molecule has 4 aromatic carbocycles. The van der Waals surface area contributed by atoms with Crippen molar-refractivity contribution in [2.45, 2.75) is 19.7 Å². The number of hydrogen-bond acceptors (Lipinski definition) is 7. The van der Waals surface area contributed by atoms with E-state index in [1.165, 1.54) is 0 Å². The smallest absolute Gasteiger partial charge is 0.491 e. The number of carbonyl (C=O) groups excluding carboxylic acids is 1. The van der Waals surface area contributed by atoms with E-state index in [2.05, 4.69) is 15.5 Å². The third-order valence-corrected chi connectivity index (χ3v) is 7.96. The Labute approximate surface area is 252 Å². The average molecular weight is 590 g/mol. The van der Waals surface area contributed by atoms with Crippen molar-refractivity contribution < 1.29 is 19.2 Å². The molecule has 2 aliphatic heterocycles. The van der Waals surface area contributed by atoms with Crippen molar-refractivity contribution in [2.75, 3.05) is 7.11 Å². The summed E-state index contributed by atoms with van der Waals surface area (Å²) in [7, 11) is 0.664. The lowest BCUT2D eigenvalue weighted by molar-refractivity contribution is 0.0936. The van der Waals surface area contributed by atoms with E-state index < -0.39 is 13.3 Å². The topological polar surface area (TPSA) is 111 Å². The van der Waals surface area contributed by atoms with Crippen molar-refractivity contribution in [2.24, 2.45) is 4.99 Å². The fourth-order valence-electron chi connectivity index (χ4n) is 5.51. The zero-order chi connectivity index (χ0) is 29.7. The molecule has 0 fully saturated rings. The molecule has 2 N–H and O–H groups in total. The van der Waals surface area contributed by atoms with Gasteiger partial charge in [-0.1, -0.05) is 54.1 Å². The second-order valence-corrected chi connectivity index (χ2v) is 10.8. The lowest BCUT2D eigenvalue weighted by Crippen LogP contribution is -2.29. The molecule has 0 unspecified atom stereocenters. The SMILES string of the molecule is COc1ccc2c(c1)C(c1ccc(Cl)cc1)=N[C@@H](NC(=O)c1cccc(-c3ccc4c(c3)B(O)OC4)c1)c1nnc(C)n1-2. The number of aliphatic imine (C=N–C) groups is 1. The number of fused-ring (bicyclic) bond motifs is 4. The number of nitrogens with zero attached hydrogens (tertiary/aromatic N) is 4. The fourth-order valence-corrected chi connectivity index (χ4v) is 5.64. The number of nitrogens with one attached hydrogen (secondary N) is 1. The first-order chi connectivity index (χ1) is 20.9. The Morgan fingerprint density at radius 2 is 1.81 bits per heavy atom. The summed E-state index contributed by atoms with van der Waals surface area (Å²) in [5.74, 6) is 1.46. The molecular formula is C32H25BClN5O4. The molecular weight excluding hydrogens is 565 g/mol. The summed E-state index contributed by atoms with van der Waals surface area (Å²) in [6.45, 7) is 2.23. The number of methoxy groups -OCH3 is 1. The van der Waals surface area contributed by atoms with Crippen LogP contribution < -0.4 is 15.5 Å². The molecule has 2 aliphatic rings. The van der Waals surface area contributed by atoms with Gasteiger partial charge in [0.05, 0.1) is 25.1 Å². The molecule has 9 nitrogen and oxygen atoms in total. The van der Waals surface area contributed by atoms with Crippen molar-refractivity contribution in [1.82, 2.24) is 20.1 Å². The number of rotatable bonds is 5. The summed E-state index contributed by atoms with van der Waals surface area (Å²) < 4.78 is 12.8. The zero-order valence-corrected chi connectivity index (χ0v) is 24.0. The van der Waals surface area contributed by atoms with E-state index in [9.17, 15) is 9.82 Å². The molecule has 5 aromatic rings. The van der Waals surface area contributed by atoms with Crippen molar-refractivity contribution in [3.8, 4) is 22.6 Å². The van der Waals surface area contributed by atoms with E-state index in [0.29, 0.717) is 40.3 Å². The van der Waals surface area contributed by atoms with Crippen LogP contribution in [-0.2, 0) is 11.3 Å². The number of aryl methyl sites for hydroxylation is 1. The highest BCUT2D eigenvalue weighted by atomic mass is 35.5. The third kappa shape index (κ3) is 4.89. The number of carbonyl (C=O) groups is 1. The molecule has 1 atom stereocenters. The minimum Gasteiger partial charge on any atom is -0.497 e. The van der Waals surface area contributed by atoms with Gasteiger partial charge in [-0.2, -0.15) is 0 Å². The summed E-state index contributed by atoms with van der Waals surface area (Å²) in [6.07, 6.45) is -0.853. The number of hydrogen-bond donors (Lipinski definition) is 2. The van der Waals surface area contributed by atoms with E-state index in [0.717, 1.165) is 39.0 Å².